The molecule has 14 heteroatoms. The molecule has 0 saturated carbocycles. The minimum absolute atomic E-state index is 0.0279. The van der Waals surface area contributed by atoms with Gasteiger partial charge in [-0.25, -0.2) is 0 Å². The van der Waals surface area contributed by atoms with Crippen molar-refractivity contribution in [1.82, 2.24) is 9.80 Å². The molecule has 292 valence electrons. The summed E-state index contributed by atoms with van der Waals surface area (Å²) in [6, 6.07) is 25.7. The van der Waals surface area contributed by atoms with Crippen LogP contribution >= 0.6 is 45.3 Å². The quantitative estimate of drug-likeness (QED) is 0.148. The highest BCUT2D eigenvalue weighted by Gasteiger charge is 2.43. The third-order valence-corrected chi connectivity index (χ3v) is 14.1. The zero-order chi connectivity index (χ0) is 42.6. The molecule has 0 fully saturated rings. The largest absolute Gasteiger partial charge is 0.274 e. The van der Waals surface area contributed by atoms with Crippen LogP contribution in [0, 0.1) is 57.2 Å². The van der Waals surface area contributed by atoms with Crippen molar-refractivity contribution >= 4 is 103 Å². The van der Waals surface area contributed by atoms with E-state index in [1.165, 1.54) is 55.1 Å². The molecule has 60 heavy (non-hydrogen) atoms. The standard InChI is InChI=1S/C46H30N6O4S4/c1-23(2)21-51-43(53)33-15-32(38-12-8-30(60-38)14-28-6-10-36(58-28)26(19-49)20-50)42-40-34(44(54)52(46(42)56)22-24(3)4)16-31(41(39(33)40)45(51)55)37-11-7-29(59-37)13-27-5-9-35(57-27)25(17-47)18-48/h5-16,23-24H,21-22H2,1-4H3/b27-13+,28-14+. The number of nitriles is 4. The van der Waals surface area contributed by atoms with Gasteiger partial charge in [-0.3, -0.25) is 29.0 Å². The molecule has 0 radical (unpaired) electrons. The fourth-order valence-electron chi connectivity index (χ4n) is 7.44. The van der Waals surface area contributed by atoms with E-state index in [1.54, 1.807) is 24.3 Å². The zero-order valence-electron chi connectivity index (χ0n) is 32.4. The van der Waals surface area contributed by atoms with E-state index in [0.717, 1.165) is 18.8 Å². The molecule has 0 saturated heterocycles. The second kappa shape index (κ2) is 15.8. The number of benzene rings is 2. The van der Waals surface area contributed by atoms with E-state index in [9.17, 15) is 40.2 Å². The predicted molar refractivity (Wildman–Crippen MR) is 235 cm³/mol. The Bertz CT molecular complexity index is 3080. The lowest BCUT2D eigenvalue weighted by Gasteiger charge is -2.35. The monoisotopic (exact) mass is 858 g/mol. The lowest BCUT2D eigenvalue weighted by atomic mass is 9.80. The van der Waals surface area contributed by atoms with Crippen molar-refractivity contribution in [1.29, 1.82) is 21.0 Å². The second-order valence-electron chi connectivity index (χ2n) is 15.0. The van der Waals surface area contributed by atoms with Crippen LogP contribution in [0.3, 0.4) is 0 Å². The van der Waals surface area contributed by atoms with Gasteiger partial charge in [-0.2, -0.15) is 21.0 Å². The number of rotatable bonds is 8. The van der Waals surface area contributed by atoms with Gasteiger partial charge in [0.05, 0.1) is 20.2 Å². The van der Waals surface area contributed by atoms with Crippen LogP contribution in [-0.2, 0) is 0 Å². The van der Waals surface area contributed by atoms with Crippen LogP contribution in [0.2, 0.25) is 0 Å². The molecule has 6 heterocycles. The molecule has 0 bridgehead atoms. The molecule has 0 spiro atoms. The molecule has 2 aliphatic heterocycles. The number of carbonyl (C=O) groups excluding carboxylic acids is 4. The first-order valence-corrected chi connectivity index (χ1v) is 22.0. The summed E-state index contributed by atoms with van der Waals surface area (Å²) >= 11 is 5.40. The average molecular weight is 859 g/mol. The Kier molecular flexibility index (Phi) is 10.5. The summed E-state index contributed by atoms with van der Waals surface area (Å²) < 4.78 is 2.75. The van der Waals surface area contributed by atoms with Gasteiger partial charge in [0.1, 0.15) is 35.4 Å². The molecular weight excluding hydrogens is 829 g/mol. The van der Waals surface area contributed by atoms with Crippen LogP contribution in [0.15, 0.2) is 60.7 Å². The summed E-state index contributed by atoms with van der Waals surface area (Å²) in [7, 11) is 0. The Morgan fingerprint density at radius 2 is 0.917 bits per heavy atom. The van der Waals surface area contributed by atoms with E-state index < -0.39 is 23.6 Å². The molecule has 0 N–H and O–H groups in total. The smallest absolute Gasteiger partial charge is 0.262 e. The van der Waals surface area contributed by atoms with Crippen molar-refractivity contribution < 1.29 is 19.2 Å². The van der Waals surface area contributed by atoms with Gasteiger partial charge in [0.15, 0.2) is 0 Å². The zero-order valence-corrected chi connectivity index (χ0v) is 35.7. The van der Waals surface area contributed by atoms with E-state index in [0.29, 0.717) is 29.9 Å². The van der Waals surface area contributed by atoms with Gasteiger partial charge in [-0.1, -0.05) is 27.7 Å². The maximum Gasteiger partial charge on any atom is 0.262 e. The lowest BCUT2D eigenvalue weighted by molar-refractivity contribution is 0.0572. The summed E-state index contributed by atoms with van der Waals surface area (Å²) in [4.78, 5) is 64.1. The van der Waals surface area contributed by atoms with Crippen LogP contribution in [0.4, 0.5) is 0 Å². The molecule has 2 aliphatic rings. The van der Waals surface area contributed by atoms with E-state index in [4.69, 9.17) is 0 Å². The molecule has 4 amide bonds. The summed E-state index contributed by atoms with van der Waals surface area (Å²) in [6.45, 7) is 8.01. The van der Waals surface area contributed by atoms with Gasteiger partial charge in [0, 0.05) is 74.7 Å². The number of hydrogen-bond donors (Lipinski definition) is 0. The summed E-state index contributed by atoms with van der Waals surface area (Å²) in [5.41, 5.74) is 1.98. The Balaban J connectivity index is 1.38. The van der Waals surface area contributed by atoms with Crippen molar-refractivity contribution in [2.45, 2.75) is 27.7 Å². The van der Waals surface area contributed by atoms with E-state index in [-0.39, 0.29) is 69.1 Å². The molecule has 10 nitrogen and oxygen atoms in total. The molecule has 0 aliphatic carbocycles. The van der Waals surface area contributed by atoms with Gasteiger partial charge in [0.2, 0.25) is 0 Å². The number of amides is 4. The molecule has 8 rings (SSSR count). The van der Waals surface area contributed by atoms with Crippen LogP contribution < -0.4 is 18.1 Å². The van der Waals surface area contributed by atoms with Crippen LogP contribution in [0.25, 0.3) is 55.0 Å². The van der Waals surface area contributed by atoms with E-state index >= 15 is 0 Å². The summed E-state index contributed by atoms with van der Waals surface area (Å²) in [5, 5.41) is 38.0. The third-order valence-electron chi connectivity index (χ3n) is 9.92. The van der Waals surface area contributed by atoms with Gasteiger partial charge >= 0.3 is 0 Å². The van der Waals surface area contributed by atoms with Crippen molar-refractivity contribution in [2.24, 2.45) is 11.8 Å². The Hall–Kier alpha value is -6.78. The van der Waals surface area contributed by atoms with Gasteiger partial charge in [-0.15, -0.1) is 45.3 Å². The maximum atomic E-state index is 14.7. The second-order valence-corrected chi connectivity index (χ2v) is 19.4. The van der Waals surface area contributed by atoms with E-state index in [2.05, 4.69) is 0 Å². The van der Waals surface area contributed by atoms with Crippen LogP contribution in [-0.4, -0.2) is 46.5 Å². The molecule has 2 aromatic carbocycles. The predicted octanol–water partition coefficient (Wildman–Crippen LogP) is 6.98. The first-order chi connectivity index (χ1) is 28.8. The SMILES string of the molecule is CC(C)CN1C(=O)c2cc(-c3ccc(/C=c4\ccc(=C(C#N)C#N)s4)s3)c3c4c(cc(-c5ccc(/C=c6\ccc(=C(C#N)C#N)s6)s5)c(c24)C1=O)C(=O)N(CC(C)C)C3=O. The normalized spacial score (nSPS) is 14.0. The first-order valence-electron chi connectivity index (χ1n) is 18.7. The van der Waals surface area contributed by atoms with Gasteiger partial charge < -0.3 is 0 Å². The topological polar surface area (TPSA) is 170 Å². The fraction of sp³-hybridized carbons (Fsp3) is 0.174. The fourth-order valence-corrected chi connectivity index (χ4v) is 11.4. The van der Waals surface area contributed by atoms with Crippen molar-refractivity contribution in [3.05, 3.63) is 111 Å². The maximum absolute atomic E-state index is 14.7. The number of nitrogens with zero attached hydrogens (tertiary/aromatic N) is 6. The van der Waals surface area contributed by atoms with E-state index in [1.807, 2.05) is 101 Å². The van der Waals surface area contributed by atoms with Crippen molar-refractivity contribution in [3.8, 4) is 45.2 Å². The highest BCUT2D eigenvalue weighted by Crippen LogP contribution is 2.48. The van der Waals surface area contributed by atoms with Crippen molar-refractivity contribution in [2.75, 3.05) is 13.1 Å². The van der Waals surface area contributed by atoms with Gasteiger partial charge in [-0.05, 0) is 84.7 Å². The Morgan fingerprint density at radius 1 is 0.533 bits per heavy atom. The molecule has 4 aromatic heterocycles. The molecule has 0 unspecified atom stereocenters. The van der Waals surface area contributed by atoms with Crippen LogP contribution in [0.1, 0.15) is 78.9 Å². The average Bonchev–Trinajstić information content (AvgIpc) is 4.07. The van der Waals surface area contributed by atoms with Crippen LogP contribution in [0.5, 0.6) is 0 Å². The molecular formula is C46H30N6O4S4. The number of hydrogen-bond acceptors (Lipinski definition) is 12. The number of carbonyl (C=O) groups is 4. The highest BCUT2D eigenvalue weighted by molar-refractivity contribution is 7.17. The number of thiophene rings is 4. The Labute approximate surface area is 359 Å². The first kappa shape index (κ1) is 40.0. The summed E-state index contributed by atoms with van der Waals surface area (Å²) in [5.74, 6) is -2.11. The Morgan fingerprint density at radius 3 is 1.27 bits per heavy atom. The minimum atomic E-state index is -0.502. The highest BCUT2D eigenvalue weighted by atomic mass is 32.1. The molecule has 0 atom stereocenters. The summed E-state index contributed by atoms with van der Waals surface area (Å²) in [6.07, 6.45) is 3.84. The van der Waals surface area contributed by atoms with Gasteiger partial charge in [0.25, 0.3) is 23.6 Å². The third kappa shape index (κ3) is 6.86. The molecule has 6 aromatic rings. The minimum Gasteiger partial charge on any atom is -0.274 e. The number of imide groups is 2. The lowest BCUT2D eigenvalue weighted by Crippen LogP contribution is -2.45. The van der Waals surface area contributed by atoms with Crippen molar-refractivity contribution in [3.63, 3.8) is 0 Å².